The van der Waals surface area contributed by atoms with Gasteiger partial charge in [0.15, 0.2) is 0 Å². The molecule has 1 aliphatic heterocycles. The number of thiazole rings is 1. The van der Waals surface area contributed by atoms with E-state index in [1.165, 1.54) is 11.3 Å². The lowest BCUT2D eigenvalue weighted by Gasteiger charge is -2.18. The van der Waals surface area contributed by atoms with Crippen molar-refractivity contribution in [2.24, 2.45) is 5.92 Å². The van der Waals surface area contributed by atoms with Crippen molar-refractivity contribution in [1.82, 2.24) is 24.6 Å². The van der Waals surface area contributed by atoms with Crippen LogP contribution < -0.4 is 15.8 Å². The van der Waals surface area contributed by atoms with E-state index in [-0.39, 0.29) is 29.7 Å². The highest BCUT2D eigenvalue weighted by Gasteiger charge is 2.35. The first-order valence-corrected chi connectivity index (χ1v) is 12.1. The summed E-state index contributed by atoms with van der Waals surface area (Å²) < 4.78 is 3.36. The van der Waals surface area contributed by atoms with Gasteiger partial charge < -0.3 is 15.3 Å². The maximum Gasteiger partial charge on any atom is 0.284 e. The van der Waals surface area contributed by atoms with Gasteiger partial charge in [-0.2, -0.15) is 0 Å². The highest BCUT2D eigenvalue weighted by atomic mass is 32.1. The zero-order valence-corrected chi connectivity index (χ0v) is 19.8. The molecular formula is C24H26N6O3S. The van der Waals surface area contributed by atoms with Crippen LogP contribution in [0.2, 0.25) is 0 Å². The first-order valence-electron chi connectivity index (χ1n) is 11.3. The van der Waals surface area contributed by atoms with Crippen molar-refractivity contribution in [3.05, 3.63) is 69.6 Å². The number of nitrogens with zero attached hydrogens (tertiary/aromatic N) is 5. The Balaban J connectivity index is 1.41. The quantitative estimate of drug-likeness (QED) is 0.440. The van der Waals surface area contributed by atoms with Crippen LogP contribution in [0.15, 0.2) is 52.8 Å². The van der Waals surface area contributed by atoms with E-state index in [2.05, 4.69) is 20.2 Å². The monoisotopic (exact) mass is 478 g/mol. The molecule has 0 radical (unpaired) electrons. The molecule has 2 atom stereocenters. The van der Waals surface area contributed by atoms with E-state index in [0.29, 0.717) is 31.0 Å². The Bertz CT molecular complexity index is 1390. The smallest absolute Gasteiger partial charge is 0.284 e. The second-order valence-electron chi connectivity index (χ2n) is 8.40. The number of hydrogen-bond donors (Lipinski definition) is 2. The van der Waals surface area contributed by atoms with Crippen molar-refractivity contribution in [2.75, 3.05) is 24.6 Å². The second kappa shape index (κ2) is 9.03. The number of aliphatic hydroxyl groups excluding tert-OH is 1. The number of amides is 1. The fraction of sp³-hybridized carbons (Fsp3) is 0.333. The van der Waals surface area contributed by atoms with E-state index >= 15 is 0 Å². The Hall–Kier alpha value is -3.50. The van der Waals surface area contributed by atoms with Crippen molar-refractivity contribution < 1.29 is 9.90 Å². The highest BCUT2D eigenvalue weighted by molar-refractivity contribution is 7.16. The molecule has 34 heavy (non-hydrogen) atoms. The van der Waals surface area contributed by atoms with E-state index in [1.54, 1.807) is 17.1 Å². The number of anilines is 1. The van der Waals surface area contributed by atoms with E-state index in [4.69, 9.17) is 0 Å². The number of fused-ring (bicyclic) bond motifs is 1. The summed E-state index contributed by atoms with van der Waals surface area (Å²) >= 11 is 1.48. The minimum Gasteiger partial charge on any atom is -0.396 e. The van der Waals surface area contributed by atoms with Crippen LogP contribution in [0, 0.1) is 12.8 Å². The summed E-state index contributed by atoms with van der Waals surface area (Å²) in [6, 6.07) is 12.8. The Morgan fingerprint density at radius 3 is 2.74 bits per heavy atom. The van der Waals surface area contributed by atoms with E-state index in [0.717, 1.165) is 16.2 Å². The van der Waals surface area contributed by atoms with Gasteiger partial charge in [0.25, 0.3) is 11.5 Å². The summed E-state index contributed by atoms with van der Waals surface area (Å²) in [6.07, 6.45) is 0. The SMILES string of the molecule is CCn1c(C)c(C(=O)NC2CN(c3ccc4ncsc4n3)CC2CO)c(=O)n1-c1ccccc1. The molecule has 0 saturated carbocycles. The van der Waals surface area contributed by atoms with Crippen LogP contribution in [0.1, 0.15) is 23.0 Å². The molecule has 4 aromatic rings. The summed E-state index contributed by atoms with van der Waals surface area (Å²) in [5.41, 5.74) is 3.71. The van der Waals surface area contributed by atoms with Crippen LogP contribution in [-0.4, -0.2) is 56.1 Å². The lowest BCUT2D eigenvalue weighted by atomic mass is 10.0. The standard InChI is InChI=1S/C24H26N6O3S/c1-3-29-15(2)21(24(33)30(29)17-7-5-4-6-8-17)22(32)26-19-12-28(11-16(19)13-31)20-10-9-18-23(27-20)34-14-25-18/h4-10,14,16,19,31H,3,11-13H2,1-2H3,(H,26,32). The third kappa shape index (κ3) is 3.78. The molecule has 3 aromatic heterocycles. The number of hydrogen-bond acceptors (Lipinski definition) is 7. The normalized spacial score (nSPS) is 18.0. The zero-order valence-electron chi connectivity index (χ0n) is 19.0. The first kappa shape index (κ1) is 22.3. The maximum atomic E-state index is 13.3. The van der Waals surface area contributed by atoms with Crippen LogP contribution in [0.5, 0.6) is 0 Å². The van der Waals surface area contributed by atoms with Gasteiger partial charge in [0.2, 0.25) is 0 Å². The number of rotatable bonds is 6. The number of carbonyl (C=O) groups excluding carboxylic acids is 1. The Morgan fingerprint density at radius 1 is 1.21 bits per heavy atom. The van der Waals surface area contributed by atoms with E-state index in [1.807, 2.05) is 54.1 Å². The number of para-hydroxylation sites is 1. The molecule has 0 bridgehead atoms. The molecular weight excluding hydrogens is 452 g/mol. The molecule has 5 rings (SSSR count). The van der Waals surface area contributed by atoms with Gasteiger partial charge in [0.1, 0.15) is 21.7 Å². The first-order chi connectivity index (χ1) is 16.5. The summed E-state index contributed by atoms with van der Waals surface area (Å²) in [4.78, 5) is 38.5. The maximum absolute atomic E-state index is 13.3. The summed E-state index contributed by atoms with van der Waals surface area (Å²) in [7, 11) is 0. The Kier molecular flexibility index (Phi) is 5.93. The third-order valence-electron chi connectivity index (χ3n) is 6.42. The Labute approximate surface area is 200 Å². The van der Waals surface area contributed by atoms with Crippen LogP contribution >= 0.6 is 11.3 Å². The molecule has 9 nitrogen and oxygen atoms in total. The molecule has 2 N–H and O–H groups in total. The molecule has 1 aliphatic rings. The van der Waals surface area contributed by atoms with Crippen molar-refractivity contribution in [3.63, 3.8) is 0 Å². The molecule has 10 heteroatoms. The molecule has 4 heterocycles. The van der Waals surface area contributed by atoms with Gasteiger partial charge in [-0.15, -0.1) is 11.3 Å². The van der Waals surface area contributed by atoms with Crippen molar-refractivity contribution in [3.8, 4) is 5.69 Å². The van der Waals surface area contributed by atoms with Gasteiger partial charge in [-0.3, -0.25) is 14.3 Å². The zero-order chi connectivity index (χ0) is 23.8. The highest BCUT2D eigenvalue weighted by Crippen LogP contribution is 2.26. The van der Waals surface area contributed by atoms with Crippen LogP contribution in [0.4, 0.5) is 5.82 Å². The molecule has 0 aliphatic carbocycles. The van der Waals surface area contributed by atoms with E-state index in [9.17, 15) is 14.7 Å². The largest absolute Gasteiger partial charge is 0.396 e. The van der Waals surface area contributed by atoms with Crippen molar-refractivity contribution in [2.45, 2.75) is 26.4 Å². The average Bonchev–Trinajstić information content (AvgIpc) is 3.54. The number of aliphatic hydroxyl groups is 1. The van der Waals surface area contributed by atoms with Crippen LogP contribution in [0.25, 0.3) is 16.0 Å². The Morgan fingerprint density at radius 2 is 2.00 bits per heavy atom. The molecule has 1 saturated heterocycles. The minimum absolute atomic E-state index is 0.0759. The van der Waals surface area contributed by atoms with Gasteiger partial charge in [-0.05, 0) is 38.1 Å². The lowest BCUT2D eigenvalue weighted by molar-refractivity contribution is 0.0920. The molecule has 176 valence electrons. The topological polar surface area (TPSA) is 105 Å². The number of benzene rings is 1. The lowest BCUT2D eigenvalue weighted by Crippen LogP contribution is -2.43. The number of nitrogens with one attached hydrogen (secondary N) is 1. The molecule has 1 aromatic carbocycles. The molecule has 2 unspecified atom stereocenters. The van der Waals surface area contributed by atoms with Gasteiger partial charge in [-0.1, -0.05) is 18.2 Å². The van der Waals surface area contributed by atoms with Gasteiger partial charge in [-0.25, -0.2) is 14.6 Å². The number of aromatic nitrogens is 4. The van der Waals surface area contributed by atoms with Crippen LogP contribution in [0.3, 0.4) is 0 Å². The average molecular weight is 479 g/mol. The second-order valence-corrected chi connectivity index (χ2v) is 9.24. The minimum atomic E-state index is -0.421. The number of pyridine rings is 1. The fourth-order valence-corrected chi connectivity index (χ4v) is 5.33. The van der Waals surface area contributed by atoms with E-state index < -0.39 is 5.91 Å². The summed E-state index contributed by atoms with van der Waals surface area (Å²) in [5, 5.41) is 13.0. The third-order valence-corrected chi connectivity index (χ3v) is 7.16. The van der Waals surface area contributed by atoms with Gasteiger partial charge in [0.05, 0.1) is 22.9 Å². The van der Waals surface area contributed by atoms with Crippen molar-refractivity contribution in [1.29, 1.82) is 0 Å². The predicted octanol–water partition coefficient (Wildman–Crippen LogP) is 2.20. The molecule has 0 spiro atoms. The molecule has 1 fully saturated rings. The van der Waals surface area contributed by atoms with Crippen LogP contribution in [-0.2, 0) is 6.54 Å². The number of carbonyl (C=O) groups is 1. The van der Waals surface area contributed by atoms with Gasteiger partial charge in [0, 0.05) is 32.2 Å². The van der Waals surface area contributed by atoms with Gasteiger partial charge >= 0.3 is 0 Å². The fourth-order valence-electron chi connectivity index (χ4n) is 4.68. The molecule has 1 amide bonds. The summed E-state index contributed by atoms with van der Waals surface area (Å²) in [6.45, 7) is 5.25. The summed E-state index contributed by atoms with van der Waals surface area (Å²) in [5.74, 6) is 0.190. The van der Waals surface area contributed by atoms with Crippen molar-refractivity contribution >= 4 is 33.4 Å². The predicted molar refractivity (Wildman–Crippen MR) is 132 cm³/mol.